The fourth-order valence-electron chi connectivity index (χ4n) is 3.99. The number of alkyl halides is 3. The van der Waals surface area contributed by atoms with Crippen LogP contribution in [0.15, 0.2) is 30.3 Å². The molecule has 1 aromatic rings. The van der Waals surface area contributed by atoms with Gasteiger partial charge < -0.3 is 19.7 Å². The minimum Gasteiger partial charge on any atom is -0.378 e. The van der Waals surface area contributed by atoms with Crippen molar-refractivity contribution in [3.8, 4) is 10.6 Å². The number of piperazine rings is 1. The van der Waals surface area contributed by atoms with Crippen LogP contribution in [0.5, 0.6) is 0 Å². The minimum atomic E-state index is -4.48. The van der Waals surface area contributed by atoms with E-state index in [9.17, 15) is 13.2 Å². The van der Waals surface area contributed by atoms with Gasteiger partial charge in [-0.05, 0) is 18.2 Å². The van der Waals surface area contributed by atoms with Crippen molar-refractivity contribution in [2.75, 3.05) is 71.6 Å². The molecule has 0 amide bonds. The summed E-state index contributed by atoms with van der Waals surface area (Å²) >= 11 is 1.34. The van der Waals surface area contributed by atoms with Crippen molar-refractivity contribution in [3.05, 3.63) is 41.3 Å². The molecule has 178 valence electrons. The number of aromatic nitrogens is 1. The Labute approximate surface area is 194 Å². The van der Waals surface area contributed by atoms with Crippen molar-refractivity contribution in [1.29, 1.82) is 0 Å². The summed E-state index contributed by atoms with van der Waals surface area (Å²) in [5.41, 5.74) is 0.460. The Hall–Kier alpha value is -2.27. The Morgan fingerprint density at radius 2 is 1.76 bits per heavy atom. The number of rotatable bonds is 7. The van der Waals surface area contributed by atoms with Crippen molar-refractivity contribution in [1.82, 2.24) is 14.9 Å². The average molecular weight is 482 g/mol. The maximum absolute atomic E-state index is 14.0. The third kappa shape index (κ3) is 5.46. The Morgan fingerprint density at radius 3 is 2.39 bits per heavy atom. The molecule has 2 aliphatic heterocycles. The summed E-state index contributed by atoms with van der Waals surface area (Å²) in [5.74, 6) is 0. The van der Waals surface area contributed by atoms with Gasteiger partial charge in [-0.3, -0.25) is 0 Å². The first-order valence-electron chi connectivity index (χ1n) is 10.9. The highest BCUT2D eigenvalue weighted by Gasteiger charge is 2.35. The number of halogens is 3. The first-order chi connectivity index (χ1) is 15.9. The van der Waals surface area contributed by atoms with Gasteiger partial charge in [-0.15, -0.1) is 11.3 Å². The van der Waals surface area contributed by atoms with Crippen LogP contribution in [0.2, 0.25) is 0 Å². The third-order valence-electron chi connectivity index (χ3n) is 5.74. The largest absolute Gasteiger partial charge is 0.418 e. The molecule has 1 N–H and O–H groups in total. The minimum absolute atomic E-state index is 0.00209. The van der Waals surface area contributed by atoms with Gasteiger partial charge in [-0.1, -0.05) is 0 Å². The quantitative estimate of drug-likeness (QED) is 0.416. The molecule has 3 aliphatic rings. The molecule has 4 rings (SSSR count). The number of nitrogens with zero attached hydrogens (tertiary/aromatic N) is 3. The van der Waals surface area contributed by atoms with Crippen LogP contribution in [0.3, 0.4) is 0 Å². The van der Waals surface area contributed by atoms with E-state index in [1.807, 2.05) is 23.1 Å². The molecule has 0 unspecified atom stereocenters. The molecule has 0 aromatic heterocycles. The van der Waals surface area contributed by atoms with Crippen LogP contribution in [0, 0.1) is 0 Å². The number of anilines is 1. The Balaban J connectivity index is 1.88. The predicted molar refractivity (Wildman–Crippen MR) is 125 cm³/mol. The topological polar surface area (TPSA) is 49.6 Å². The van der Waals surface area contributed by atoms with Crippen LogP contribution in [0.4, 0.5) is 18.9 Å². The fraction of sp³-hybridized carbons (Fsp3) is 0.478. The molecular formula is C23H28F3N4O2S+. The van der Waals surface area contributed by atoms with Crippen molar-refractivity contribution in [3.63, 3.8) is 0 Å². The predicted octanol–water partition coefficient (Wildman–Crippen LogP) is 2.89. The first kappa shape index (κ1) is 23.9. The second-order valence-corrected chi connectivity index (χ2v) is 9.00. The normalized spacial score (nSPS) is 14.9. The maximum atomic E-state index is 14.0. The average Bonchev–Trinajstić information content (AvgIpc) is 2.82. The number of fused-ring (bicyclic) bond motifs is 2. The van der Waals surface area contributed by atoms with Crippen molar-refractivity contribution in [2.24, 2.45) is 0 Å². The second kappa shape index (κ2) is 10.3. The van der Waals surface area contributed by atoms with E-state index in [1.165, 1.54) is 17.4 Å². The Bertz CT molecular complexity index is 1130. The molecule has 6 nitrogen and oxygen atoms in total. The van der Waals surface area contributed by atoms with E-state index in [2.05, 4.69) is 14.9 Å². The lowest BCUT2D eigenvalue weighted by atomic mass is 10.1. The van der Waals surface area contributed by atoms with E-state index in [0.29, 0.717) is 55.5 Å². The fourth-order valence-corrected chi connectivity index (χ4v) is 5.06. The zero-order valence-electron chi connectivity index (χ0n) is 18.7. The van der Waals surface area contributed by atoms with Crippen LogP contribution < -0.4 is 20.1 Å². The zero-order chi connectivity index (χ0) is 23.4. The lowest BCUT2D eigenvalue weighted by molar-refractivity contribution is -0.136. The molecule has 2 heterocycles. The number of hydrogen-bond acceptors (Lipinski definition) is 6. The Morgan fingerprint density at radius 1 is 1.06 bits per heavy atom. The highest BCUT2D eigenvalue weighted by atomic mass is 32.1. The van der Waals surface area contributed by atoms with Gasteiger partial charge in [0.15, 0.2) is 13.1 Å². The van der Waals surface area contributed by atoms with Gasteiger partial charge in [-0.25, -0.2) is 9.56 Å². The standard InChI is InChI=1S/C23H28F3N4O2S/c1-31-11-9-30(10-12-32-2)16-3-4-19-20(14-16)33-21-15-17(29-7-5-27-6-8-29)13-18(22(21)28-19)23(24,25)26/h3-4,13-15,27H,5-12H2,1-2H3/q+1. The van der Waals surface area contributed by atoms with Gasteiger partial charge in [0.05, 0.1) is 26.4 Å². The number of benzene rings is 2. The highest BCUT2D eigenvalue weighted by Crippen LogP contribution is 2.40. The second-order valence-electron chi connectivity index (χ2n) is 7.91. The van der Waals surface area contributed by atoms with E-state index in [1.54, 1.807) is 20.3 Å². The van der Waals surface area contributed by atoms with Gasteiger partial charge in [0, 0.05) is 58.2 Å². The van der Waals surface area contributed by atoms with E-state index >= 15 is 0 Å². The van der Waals surface area contributed by atoms with Gasteiger partial charge in [-0.2, -0.15) is 13.2 Å². The number of nitrogens with one attached hydrogen (secondary N) is 1. The monoisotopic (exact) mass is 481 g/mol. The lowest BCUT2D eigenvalue weighted by Crippen LogP contribution is -2.43. The van der Waals surface area contributed by atoms with Crippen LogP contribution in [-0.2, 0) is 15.7 Å². The number of hydrogen-bond donors (Lipinski definition) is 1. The molecule has 1 aliphatic carbocycles. The number of methoxy groups -OCH3 is 2. The molecule has 1 saturated heterocycles. The van der Waals surface area contributed by atoms with Crippen molar-refractivity contribution < 1.29 is 22.6 Å². The van der Waals surface area contributed by atoms with Crippen LogP contribution >= 0.6 is 11.3 Å². The summed E-state index contributed by atoms with van der Waals surface area (Å²) < 4.78 is 55.1. The molecule has 0 atom stereocenters. The van der Waals surface area contributed by atoms with Crippen molar-refractivity contribution >= 4 is 27.2 Å². The van der Waals surface area contributed by atoms with E-state index in [-0.39, 0.29) is 5.52 Å². The molecule has 0 bridgehead atoms. The summed E-state index contributed by atoms with van der Waals surface area (Å²) in [4.78, 5) is 7.28. The summed E-state index contributed by atoms with van der Waals surface area (Å²) in [6.07, 6.45) is -4.48. The molecule has 10 heteroatoms. The molecule has 1 fully saturated rings. The van der Waals surface area contributed by atoms with E-state index in [4.69, 9.17) is 9.47 Å². The highest BCUT2D eigenvalue weighted by molar-refractivity contribution is 7.21. The molecule has 0 spiro atoms. The molecule has 33 heavy (non-hydrogen) atoms. The maximum Gasteiger partial charge on any atom is 0.418 e. The SMILES string of the molecule is COCC[N+](CCOC)=c1ccc2nc3c(C(F)(F)F)cc(N4CCNCC4)cc3sc-2c1. The number of ether oxygens (including phenoxy) is 2. The first-order valence-corrected chi connectivity index (χ1v) is 11.7. The molecule has 1 aromatic carbocycles. The van der Waals surface area contributed by atoms with Gasteiger partial charge in [0.2, 0.25) is 5.36 Å². The summed E-state index contributed by atoms with van der Waals surface area (Å²) in [7, 11) is 3.31. The molecule has 0 saturated carbocycles. The van der Waals surface area contributed by atoms with Crippen LogP contribution in [0.1, 0.15) is 5.56 Å². The third-order valence-corrected chi connectivity index (χ3v) is 6.82. The smallest absolute Gasteiger partial charge is 0.378 e. The summed E-state index contributed by atoms with van der Waals surface area (Å²) in [6, 6.07) is 8.75. The zero-order valence-corrected chi connectivity index (χ0v) is 19.6. The molecular weight excluding hydrogens is 453 g/mol. The Kier molecular flexibility index (Phi) is 7.48. The van der Waals surface area contributed by atoms with Crippen molar-refractivity contribution in [2.45, 2.75) is 6.18 Å². The van der Waals surface area contributed by atoms with E-state index < -0.39 is 11.7 Å². The van der Waals surface area contributed by atoms with Gasteiger partial charge >= 0.3 is 6.18 Å². The van der Waals surface area contributed by atoms with Gasteiger partial charge in [0.1, 0.15) is 13.2 Å². The van der Waals surface area contributed by atoms with Crippen LogP contribution in [-0.4, -0.2) is 71.7 Å². The van der Waals surface area contributed by atoms with E-state index in [0.717, 1.165) is 23.3 Å². The lowest BCUT2D eigenvalue weighted by Gasteiger charge is -2.30. The summed E-state index contributed by atoms with van der Waals surface area (Å²) in [6.45, 7) is 5.33. The van der Waals surface area contributed by atoms with Gasteiger partial charge in [0.25, 0.3) is 0 Å². The molecule has 0 radical (unpaired) electrons. The van der Waals surface area contributed by atoms with Crippen LogP contribution in [0.25, 0.3) is 20.8 Å². The summed E-state index contributed by atoms with van der Waals surface area (Å²) in [5, 5.41) is 4.20.